The van der Waals surface area contributed by atoms with E-state index < -0.39 is 0 Å². The minimum atomic E-state index is 0.0466. The summed E-state index contributed by atoms with van der Waals surface area (Å²) in [5, 5.41) is 9.18. The first kappa shape index (κ1) is 13.6. The third kappa shape index (κ3) is 3.23. The second-order valence-corrected chi connectivity index (χ2v) is 4.95. The van der Waals surface area contributed by atoms with Gasteiger partial charge in [-0.2, -0.15) is 5.26 Å². The first-order valence-corrected chi connectivity index (χ1v) is 6.03. The van der Waals surface area contributed by atoms with E-state index in [0.717, 1.165) is 12.2 Å². The lowest BCUT2D eigenvalue weighted by Gasteiger charge is -2.17. The molecule has 0 aliphatic carbocycles. The average Bonchev–Trinajstić information content (AvgIpc) is 2.26. The number of methoxy groups -OCH3 is 1. The molecule has 1 aromatic carbocycles. The van der Waals surface area contributed by atoms with Crippen LogP contribution in [0.25, 0.3) is 0 Å². The Kier molecular flexibility index (Phi) is 4.57. The molecule has 0 heterocycles. The van der Waals surface area contributed by atoms with Crippen LogP contribution in [0.2, 0.25) is 0 Å². The number of hydrogen-bond donors (Lipinski definition) is 0. The first-order chi connectivity index (χ1) is 7.99. The Bertz CT molecular complexity index is 429. The van der Waals surface area contributed by atoms with E-state index in [2.05, 4.69) is 39.8 Å². The van der Waals surface area contributed by atoms with Gasteiger partial charge in [0.1, 0.15) is 5.75 Å². The fourth-order valence-corrected chi connectivity index (χ4v) is 2.05. The number of hydrogen-bond acceptors (Lipinski definition) is 2. The second-order valence-electron chi connectivity index (χ2n) is 4.95. The van der Waals surface area contributed by atoms with Crippen LogP contribution < -0.4 is 4.74 Å². The van der Waals surface area contributed by atoms with E-state index in [1.165, 1.54) is 16.7 Å². The normalized spacial score (nSPS) is 12.3. The van der Waals surface area contributed by atoms with Crippen molar-refractivity contribution in [2.24, 2.45) is 11.8 Å². The highest BCUT2D eigenvalue weighted by Crippen LogP contribution is 2.28. The van der Waals surface area contributed by atoms with Gasteiger partial charge >= 0.3 is 0 Å². The van der Waals surface area contributed by atoms with Gasteiger partial charge in [0, 0.05) is 0 Å². The summed E-state index contributed by atoms with van der Waals surface area (Å²) in [5.74, 6) is 1.32. The Hall–Kier alpha value is -1.49. The molecule has 1 unspecified atom stereocenters. The zero-order chi connectivity index (χ0) is 13.0. The molecule has 1 atom stereocenters. The molecule has 1 rings (SSSR count). The lowest BCUT2D eigenvalue weighted by Crippen LogP contribution is -2.11. The SMILES string of the molecule is COc1cc(C)cc(C)c1CC(C#N)C(C)C. The molecule has 2 nitrogen and oxygen atoms in total. The summed E-state index contributed by atoms with van der Waals surface area (Å²) in [6.07, 6.45) is 0.767. The summed E-state index contributed by atoms with van der Waals surface area (Å²) in [6.45, 7) is 8.32. The van der Waals surface area contributed by atoms with Gasteiger partial charge in [-0.25, -0.2) is 0 Å². The van der Waals surface area contributed by atoms with Crippen LogP contribution >= 0.6 is 0 Å². The highest BCUT2D eigenvalue weighted by molar-refractivity contribution is 5.43. The molecule has 92 valence electrons. The van der Waals surface area contributed by atoms with Crippen molar-refractivity contribution in [2.75, 3.05) is 7.11 Å². The van der Waals surface area contributed by atoms with Gasteiger partial charge in [-0.15, -0.1) is 0 Å². The van der Waals surface area contributed by atoms with Gasteiger partial charge in [0.05, 0.1) is 19.1 Å². The third-order valence-electron chi connectivity index (χ3n) is 3.19. The van der Waals surface area contributed by atoms with Crippen molar-refractivity contribution >= 4 is 0 Å². The van der Waals surface area contributed by atoms with Crippen LogP contribution in [0.3, 0.4) is 0 Å². The number of benzene rings is 1. The van der Waals surface area contributed by atoms with Crippen molar-refractivity contribution in [3.8, 4) is 11.8 Å². The largest absolute Gasteiger partial charge is 0.496 e. The Balaban J connectivity index is 3.09. The molecule has 0 aromatic heterocycles. The predicted molar refractivity (Wildman–Crippen MR) is 70.1 cm³/mol. The lowest BCUT2D eigenvalue weighted by molar-refractivity contribution is 0.399. The molecule has 0 bridgehead atoms. The van der Waals surface area contributed by atoms with E-state index in [1.807, 2.05) is 6.07 Å². The molecule has 0 saturated carbocycles. The summed E-state index contributed by atoms with van der Waals surface area (Å²) in [6, 6.07) is 6.57. The number of nitrogens with zero attached hydrogens (tertiary/aromatic N) is 1. The molecule has 0 N–H and O–H groups in total. The molecular weight excluding hydrogens is 210 g/mol. The van der Waals surface area contributed by atoms with Crippen LogP contribution in [0.15, 0.2) is 12.1 Å². The maximum atomic E-state index is 9.18. The van der Waals surface area contributed by atoms with Gasteiger partial charge in [0.2, 0.25) is 0 Å². The fraction of sp³-hybridized carbons (Fsp3) is 0.533. The van der Waals surface area contributed by atoms with Gasteiger partial charge in [-0.05, 0) is 48.9 Å². The van der Waals surface area contributed by atoms with Gasteiger partial charge in [-0.1, -0.05) is 19.9 Å². The summed E-state index contributed by atoms with van der Waals surface area (Å²) in [5.41, 5.74) is 3.57. The van der Waals surface area contributed by atoms with Crippen molar-refractivity contribution in [3.63, 3.8) is 0 Å². The Morgan fingerprint density at radius 3 is 2.41 bits per heavy atom. The second kappa shape index (κ2) is 5.72. The minimum Gasteiger partial charge on any atom is -0.496 e. The number of ether oxygens (including phenoxy) is 1. The number of rotatable bonds is 4. The summed E-state index contributed by atoms with van der Waals surface area (Å²) < 4.78 is 5.42. The van der Waals surface area contributed by atoms with Gasteiger partial charge in [0.15, 0.2) is 0 Å². The Morgan fingerprint density at radius 2 is 1.94 bits per heavy atom. The van der Waals surface area contributed by atoms with Crippen LogP contribution in [-0.2, 0) is 6.42 Å². The van der Waals surface area contributed by atoms with Gasteiger partial charge in [-0.3, -0.25) is 0 Å². The zero-order valence-corrected chi connectivity index (χ0v) is 11.4. The van der Waals surface area contributed by atoms with Crippen molar-refractivity contribution in [1.29, 1.82) is 5.26 Å². The van der Waals surface area contributed by atoms with Crippen molar-refractivity contribution in [3.05, 3.63) is 28.8 Å². The molecule has 0 spiro atoms. The van der Waals surface area contributed by atoms with E-state index in [4.69, 9.17) is 4.74 Å². The van der Waals surface area contributed by atoms with E-state index in [-0.39, 0.29) is 5.92 Å². The topological polar surface area (TPSA) is 33.0 Å². The lowest BCUT2D eigenvalue weighted by atomic mass is 9.88. The van der Waals surface area contributed by atoms with Crippen LogP contribution in [-0.4, -0.2) is 7.11 Å². The third-order valence-corrected chi connectivity index (χ3v) is 3.19. The highest BCUT2D eigenvalue weighted by atomic mass is 16.5. The molecule has 0 aliphatic heterocycles. The molecule has 0 fully saturated rings. The monoisotopic (exact) mass is 231 g/mol. The highest BCUT2D eigenvalue weighted by Gasteiger charge is 2.17. The first-order valence-electron chi connectivity index (χ1n) is 6.03. The molecular formula is C15H21NO. The standard InChI is InChI=1S/C15H21NO/c1-10(2)13(9-16)8-14-12(4)6-11(3)7-15(14)17-5/h6-7,10,13H,8H2,1-5H3. The molecule has 0 amide bonds. The number of aryl methyl sites for hydroxylation is 2. The van der Waals surface area contributed by atoms with E-state index in [1.54, 1.807) is 7.11 Å². The maximum absolute atomic E-state index is 9.18. The summed E-state index contributed by atoms with van der Waals surface area (Å²) >= 11 is 0. The Labute approximate surface area is 104 Å². The molecule has 17 heavy (non-hydrogen) atoms. The Morgan fingerprint density at radius 1 is 1.29 bits per heavy atom. The maximum Gasteiger partial charge on any atom is 0.122 e. The minimum absolute atomic E-state index is 0.0466. The van der Waals surface area contributed by atoms with Crippen LogP contribution in [0.4, 0.5) is 0 Å². The summed E-state index contributed by atoms with van der Waals surface area (Å²) in [4.78, 5) is 0. The van der Waals surface area contributed by atoms with Gasteiger partial charge in [0.25, 0.3) is 0 Å². The molecule has 2 heteroatoms. The van der Waals surface area contributed by atoms with Crippen LogP contribution in [0.1, 0.15) is 30.5 Å². The fourth-order valence-electron chi connectivity index (χ4n) is 2.05. The number of nitriles is 1. The summed E-state index contributed by atoms with van der Waals surface area (Å²) in [7, 11) is 1.69. The van der Waals surface area contributed by atoms with E-state index in [9.17, 15) is 5.26 Å². The van der Waals surface area contributed by atoms with Crippen LogP contribution in [0, 0.1) is 37.0 Å². The van der Waals surface area contributed by atoms with Crippen molar-refractivity contribution < 1.29 is 4.74 Å². The van der Waals surface area contributed by atoms with E-state index in [0.29, 0.717) is 5.92 Å². The van der Waals surface area contributed by atoms with Crippen LogP contribution in [0.5, 0.6) is 5.75 Å². The van der Waals surface area contributed by atoms with Crippen molar-refractivity contribution in [2.45, 2.75) is 34.1 Å². The average molecular weight is 231 g/mol. The van der Waals surface area contributed by atoms with Gasteiger partial charge < -0.3 is 4.74 Å². The molecule has 0 saturated heterocycles. The predicted octanol–water partition coefficient (Wildman–Crippen LogP) is 3.65. The molecule has 1 aromatic rings. The quantitative estimate of drug-likeness (QED) is 0.792. The van der Waals surface area contributed by atoms with E-state index >= 15 is 0 Å². The smallest absolute Gasteiger partial charge is 0.122 e. The molecule has 0 aliphatic rings. The zero-order valence-electron chi connectivity index (χ0n) is 11.4. The molecule has 0 radical (unpaired) electrons. The van der Waals surface area contributed by atoms with Crippen molar-refractivity contribution in [1.82, 2.24) is 0 Å².